The molecule has 134 valence electrons. The second-order valence-electron chi connectivity index (χ2n) is 6.05. The average Bonchev–Trinajstić information content (AvgIpc) is 2.95. The van der Waals surface area contributed by atoms with Crippen LogP contribution in [0.25, 0.3) is 0 Å². The molecular formula is C17H21FN4O2S. The Hall–Kier alpha value is -2.22. The predicted octanol–water partition coefficient (Wildman–Crippen LogP) is 2.24. The largest absolute Gasteiger partial charge is 0.366 e. The zero-order valence-electron chi connectivity index (χ0n) is 14.0. The second kappa shape index (κ2) is 7.35. The normalized spacial score (nSPS) is 18.9. The van der Waals surface area contributed by atoms with Crippen molar-refractivity contribution in [2.24, 2.45) is 0 Å². The summed E-state index contributed by atoms with van der Waals surface area (Å²) < 4.78 is 37.2. The quantitative estimate of drug-likeness (QED) is 0.847. The summed E-state index contributed by atoms with van der Waals surface area (Å²) in [5.41, 5.74) is 0.553. The Morgan fingerprint density at radius 3 is 2.80 bits per heavy atom. The van der Waals surface area contributed by atoms with Crippen molar-refractivity contribution in [1.82, 2.24) is 9.97 Å². The van der Waals surface area contributed by atoms with Gasteiger partial charge in [0.15, 0.2) is 9.84 Å². The lowest BCUT2D eigenvalue weighted by Crippen LogP contribution is -2.36. The number of nitrogens with zero attached hydrogens (tertiary/aromatic N) is 3. The van der Waals surface area contributed by atoms with E-state index in [1.807, 2.05) is 11.8 Å². The zero-order chi connectivity index (χ0) is 17.9. The van der Waals surface area contributed by atoms with Gasteiger partial charge in [-0.15, -0.1) is 0 Å². The predicted molar refractivity (Wildman–Crippen MR) is 95.8 cm³/mol. The molecule has 25 heavy (non-hydrogen) atoms. The van der Waals surface area contributed by atoms with E-state index < -0.39 is 9.84 Å². The molecule has 1 aliphatic rings. The molecule has 2 heterocycles. The highest BCUT2D eigenvalue weighted by atomic mass is 32.2. The van der Waals surface area contributed by atoms with E-state index in [1.165, 1.54) is 12.4 Å². The van der Waals surface area contributed by atoms with E-state index in [4.69, 9.17) is 0 Å². The summed E-state index contributed by atoms with van der Waals surface area (Å²) in [7, 11) is -2.96. The van der Waals surface area contributed by atoms with Crippen LogP contribution in [0.3, 0.4) is 0 Å². The second-order valence-corrected chi connectivity index (χ2v) is 8.28. The van der Waals surface area contributed by atoms with Gasteiger partial charge in [-0.3, -0.25) is 0 Å². The van der Waals surface area contributed by atoms with Crippen LogP contribution in [0.2, 0.25) is 0 Å². The molecule has 1 unspecified atom stereocenters. The van der Waals surface area contributed by atoms with Crippen LogP contribution < -0.4 is 10.2 Å². The van der Waals surface area contributed by atoms with Crippen LogP contribution in [-0.2, 0) is 16.4 Å². The molecule has 1 aliphatic heterocycles. The van der Waals surface area contributed by atoms with E-state index in [0.717, 1.165) is 0 Å². The number of nitrogens with one attached hydrogen (secondary N) is 1. The van der Waals surface area contributed by atoms with Crippen molar-refractivity contribution in [3.05, 3.63) is 48.0 Å². The molecule has 1 aromatic heterocycles. The van der Waals surface area contributed by atoms with Crippen LogP contribution in [-0.4, -0.2) is 42.5 Å². The molecule has 8 heteroatoms. The molecule has 1 aromatic carbocycles. The summed E-state index contributed by atoms with van der Waals surface area (Å²) in [6.07, 6.45) is 2.04. The number of sulfone groups is 1. The van der Waals surface area contributed by atoms with Gasteiger partial charge in [0, 0.05) is 30.8 Å². The Morgan fingerprint density at radius 2 is 2.12 bits per heavy atom. The van der Waals surface area contributed by atoms with E-state index in [2.05, 4.69) is 15.3 Å². The van der Waals surface area contributed by atoms with E-state index in [9.17, 15) is 12.8 Å². The molecule has 1 saturated heterocycles. The van der Waals surface area contributed by atoms with Crippen LogP contribution >= 0.6 is 0 Å². The van der Waals surface area contributed by atoms with Crippen molar-refractivity contribution < 1.29 is 12.8 Å². The van der Waals surface area contributed by atoms with Gasteiger partial charge < -0.3 is 10.2 Å². The Balaban J connectivity index is 1.73. The van der Waals surface area contributed by atoms with Crippen molar-refractivity contribution in [2.45, 2.75) is 25.9 Å². The number of benzene rings is 1. The van der Waals surface area contributed by atoms with Crippen molar-refractivity contribution in [1.29, 1.82) is 0 Å². The van der Waals surface area contributed by atoms with E-state index >= 15 is 0 Å². The zero-order valence-corrected chi connectivity index (χ0v) is 14.8. The summed E-state index contributed by atoms with van der Waals surface area (Å²) in [4.78, 5) is 10.4. The highest BCUT2D eigenvalue weighted by molar-refractivity contribution is 7.91. The lowest BCUT2D eigenvalue weighted by Gasteiger charge is -2.28. The maximum Gasteiger partial charge on any atom is 0.152 e. The van der Waals surface area contributed by atoms with Gasteiger partial charge in [0.25, 0.3) is 0 Å². The summed E-state index contributed by atoms with van der Waals surface area (Å²) >= 11 is 0. The van der Waals surface area contributed by atoms with Crippen molar-refractivity contribution in [3.63, 3.8) is 0 Å². The maximum absolute atomic E-state index is 13.7. The first kappa shape index (κ1) is 17.6. The molecule has 0 radical (unpaired) electrons. The van der Waals surface area contributed by atoms with Gasteiger partial charge in [-0.1, -0.05) is 18.2 Å². The molecule has 0 amide bonds. The molecule has 2 aromatic rings. The summed E-state index contributed by atoms with van der Waals surface area (Å²) in [6.45, 7) is 2.94. The van der Waals surface area contributed by atoms with Gasteiger partial charge in [0.2, 0.25) is 0 Å². The molecule has 0 aliphatic carbocycles. The maximum atomic E-state index is 13.7. The Labute approximate surface area is 147 Å². The minimum atomic E-state index is -2.96. The average molecular weight is 364 g/mol. The molecule has 0 saturated carbocycles. The standard InChI is InChI=1S/C17H21FN4O2S/c1-2-22(14-7-8-25(23,24)11-14)17-9-16(20-12-21-17)19-10-13-5-3-4-6-15(13)18/h3-6,9,12,14H,2,7-8,10-11H2,1H3,(H,19,20,21). The fourth-order valence-corrected chi connectivity index (χ4v) is 4.79. The van der Waals surface area contributed by atoms with E-state index in [-0.39, 0.29) is 23.4 Å². The number of halogens is 1. The first-order chi connectivity index (χ1) is 12.0. The van der Waals surface area contributed by atoms with Gasteiger partial charge in [-0.05, 0) is 19.4 Å². The third-order valence-electron chi connectivity index (χ3n) is 4.35. The highest BCUT2D eigenvalue weighted by Gasteiger charge is 2.32. The smallest absolute Gasteiger partial charge is 0.152 e. The van der Waals surface area contributed by atoms with Crippen molar-refractivity contribution >= 4 is 21.5 Å². The molecular weight excluding hydrogens is 343 g/mol. The Bertz CT molecular complexity index is 844. The molecule has 0 spiro atoms. The molecule has 6 nitrogen and oxygen atoms in total. The van der Waals surface area contributed by atoms with Crippen molar-refractivity contribution in [3.8, 4) is 0 Å². The molecule has 1 N–H and O–H groups in total. The Kier molecular flexibility index (Phi) is 5.17. The number of hydrogen-bond acceptors (Lipinski definition) is 6. The van der Waals surface area contributed by atoms with Gasteiger partial charge in [-0.25, -0.2) is 22.8 Å². The van der Waals surface area contributed by atoms with Crippen molar-refractivity contribution in [2.75, 3.05) is 28.3 Å². The lowest BCUT2D eigenvalue weighted by atomic mass is 10.2. The fourth-order valence-electron chi connectivity index (χ4n) is 3.06. The topological polar surface area (TPSA) is 75.2 Å². The van der Waals surface area contributed by atoms with E-state index in [0.29, 0.717) is 36.7 Å². The fraction of sp³-hybridized carbons (Fsp3) is 0.412. The summed E-state index contributed by atoms with van der Waals surface area (Å²) in [6, 6.07) is 8.27. The third-order valence-corrected chi connectivity index (χ3v) is 6.10. The number of anilines is 2. The molecule has 1 atom stereocenters. The number of aromatic nitrogens is 2. The number of rotatable bonds is 6. The minimum Gasteiger partial charge on any atom is -0.366 e. The molecule has 0 bridgehead atoms. The van der Waals surface area contributed by atoms with Crippen LogP contribution in [0, 0.1) is 5.82 Å². The number of hydrogen-bond donors (Lipinski definition) is 1. The molecule has 1 fully saturated rings. The Morgan fingerprint density at radius 1 is 1.32 bits per heavy atom. The van der Waals surface area contributed by atoms with E-state index in [1.54, 1.807) is 24.3 Å². The molecule has 3 rings (SSSR count). The highest BCUT2D eigenvalue weighted by Crippen LogP contribution is 2.24. The van der Waals surface area contributed by atoms with Crippen LogP contribution in [0.15, 0.2) is 36.7 Å². The monoisotopic (exact) mass is 364 g/mol. The van der Waals surface area contributed by atoms with Gasteiger partial charge >= 0.3 is 0 Å². The van der Waals surface area contributed by atoms with Gasteiger partial charge in [0.05, 0.1) is 11.5 Å². The minimum absolute atomic E-state index is 0.0654. The third kappa shape index (κ3) is 4.25. The van der Waals surface area contributed by atoms with Crippen LogP contribution in [0.5, 0.6) is 0 Å². The van der Waals surface area contributed by atoms with Crippen LogP contribution in [0.4, 0.5) is 16.0 Å². The summed E-state index contributed by atoms with van der Waals surface area (Å²) in [5, 5.41) is 3.09. The first-order valence-electron chi connectivity index (χ1n) is 8.25. The SMILES string of the molecule is CCN(c1cc(NCc2ccccc2F)ncn1)C1CCS(=O)(=O)C1. The van der Waals surface area contributed by atoms with Gasteiger partial charge in [0.1, 0.15) is 23.8 Å². The summed E-state index contributed by atoms with van der Waals surface area (Å²) in [5.74, 6) is 1.36. The van der Waals surface area contributed by atoms with Crippen LogP contribution in [0.1, 0.15) is 18.9 Å². The first-order valence-corrected chi connectivity index (χ1v) is 10.1. The lowest BCUT2D eigenvalue weighted by molar-refractivity contribution is 0.599. The van der Waals surface area contributed by atoms with Gasteiger partial charge in [-0.2, -0.15) is 0 Å².